The SMILES string of the molecule is COC1CCN(C(CN)c2c(C)cc(C)cc2C)C1. The molecule has 0 radical (unpaired) electrons. The molecule has 0 aromatic heterocycles. The van der Waals surface area contributed by atoms with Crippen molar-refractivity contribution in [3.63, 3.8) is 0 Å². The monoisotopic (exact) mass is 262 g/mol. The highest BCUT2D eigenvalue weighted by atomic mass is 16.5. The lowest BCUT2D eigenvalue weighted by Gasteiger charge is -2.30. The standard InChI is InChI=1S/C16H26N2O/c1-11-7-12(2)16(13(3)8-11)15(9-17)18-6-5-14(10-18)19-4/h7-8,14-15H,5-6,9-10,17H2,1-4H3. The third-order valence-electron chi connectivity index (χ3n) is 4.25. The van der Waals surface area contributed by atoms with E-state index >= 15 is 0 Å². The van der Waals surface area contributed by atoms with E-state index in [-0.39, 0.29) is 0 Å². The summed E-state index contributed by atoms with van der Waals surface area (Å²) in [4.78, 5) is 2.47. The topological polar surface area (TPSA) is 38.5 Å². The van der Waals surface area contributed by atoms with Crippen LogP contribution in [0.15, 0.2) is 12.1 Å². The quantitative estimate of drug-likeness (QED) is 0.905. The number of methoxy groups -OCH3 is 1. The van der Waals surface area contributed by atoms with E-state index in [0.29, 0.717) is 18.7 Å². The molecule has 2 rings (SSSR count). The van der Waals surface area contributed by atoms with E-state index in [1.165, 1.54) is 22.3 Å². The summed E-state index contributed by atoms with van der Waals surface area (Å²) in [6.45, 7) is 9.28. The highest BCUT2D eigenvalue weighted by Crippen LogP contribution is 2.30. The fraction of sp³-hybridized carbons (Fsp3) is 0.625. The molecule has 1 heterocycles. The van der Waals surface area contributed by atoms with Crippen LogP contribution in [0.5, 0.6) is 0 Å². The predicted octanol–water partition coefficient (Wildman–Crippen LogP) is 2.33. The summed E-state index contributed by atoms with van der Waals surface area (Å²) in [6, 6.07) is 4.84. The van der Waals surface area contributed by atoms with Crippen molar-refractivity contribution in [3.8, 4) is 0 Å². The lowest BCUT2D eigenvalue weighted by Crippen LogP contribution is -2.34. The van der Waals surface area contributed by atoms with Crippen molar-refractivity contribution in [2.24, 2.45) is 5.73 Å². The van der Waals surface area contributed by atoms with Crippen LogP contribution in [0.4, 0.5) is 0 Å². The van der Waals surface area contributed by atoms with Gasteiger partial charge in [-0.05, 0) is 43.9 Å². The summed E-state index contributed by atoms with van der Waals surface area (Å²) in [6.07, 6.45) is 1.47. The minimum Gasteiger partial charge on any atom is -0.380 e. The van der Waals surface area contributed by atoms with Gasteiger partial charge in [-0.3, -0.25) is 4.90 Å². The molecule has 106 valence electrons. The van der Waals surface area contributed by atoms with Crippen molar-refractivity contribution in [2.45, 2.75) is 39.3 Å². The van der Waals surface area contributed by atoms with Crippen LogP contribution in [0.2, 0.25) is 0 Å². The second-order valence-corrected chi connectivity index (χ2v) is 5.71. The number of hydrogen-bond acceptors (Lipinski definition) is 3. The highest BCUT2D eigenvalue weighted by molar-refractivity contribution is 5.40. The smallest absolute Gasteiger partial charge is 0.0710 e. The van der Waals surface area contributed by atoms with Crippen LogP contribution in [0.25, 0.3) is 0 Å². The van der Waals surface area contributed by atoms with E-state index in [1.807, 2.05) is 0 Å². The largest absolute Gasteiger partial charge is 0.380 e. The van der Waals surface area contributed by atoms with E-state index in [4.69, 9.17) is 10.5 Å². The molecule has 3 nitrogen and oxygen atoms in total. The summed E-state index contributed by atoms with van der Waals surface area (Å²) < 4.78 is 5.47. The minimum atomic E-state index is 0.320. The Kier molecular flexibility index (Phi) is 4.61. The van der Waals surface area contributed by atoms with E-state index < -0.39 is 0 Å². The van der Waals surface area contributed by atoms with Crippen molar-refractivity contribution in [2.75, 3.05) is 26.7 Å². The van der Waals surface area contributed by atoms with Crippen molar-refractivity contribution in [1.29, 1.82) is 0 Å². The van der Waals surface area contributed by atoms with E-state index in [1.54, 1.807) is 7.11 Å². The number of hydrogen-bond donors (Lipinski definition) is 1. The Morgan fingerprint density at radius 3 is 2.42 bits per heavy atom. The van der Waals surface area contributed by atoms with Gasteiger partial charge in [0.05, 0.1) is 6.10 Å². The summed E-state index contributed by atoms with van der Waals surface area (Å²) in [5, 5.41) is 0. The maximum atomic E-state index is 6.06. The van der Waals surface area contributed by atoms with Gasteiger partial charge in [-0.1, -0.05) is 17.7 Å². The van der Waals surface area contributed by atoms with Crippen LogP contribution >= 0.6 is 0 Å². The molecule has 1 aliphatic rings. The number of rotatable bonds is 4. The van der Waals surface area contributed by atoms with Gasteiger partial charge in [-0.15, -0.1) is 0 Å². The first-order chi connectivity index (χ1) is 9.06. The minimum absolute atomic E-state index is 0.320. The molecule has 0 saturated carbocycles. The average molecular weight is 262 g/mol. The Morgan fingerprint density at radius 2 is 1.95 bits per heavy atom. The number of nitrogens with zero attached hydrogens (tertiary/aromatic N) is 1. The molecule has 0 amide bonds. The van der Waals surface area contributed by atoms with Gasteiger partial charge in [0.1, 0.15) is 0 Å². The first-order valence-corrected chi connectivity index (χ1v) is 7.11. The predicted molar refractivity (Wildman–Crippen MR) is 79.4 cm³/mol. The first kappa shape index (κ1) is 14.5. The van der Waals surface area contributed by atoms with Gasteiger partial charge in [0.25, 0.3) is 0 Å². The fourth-order valence-electron chi connectivity index (χ4n) is 3.40. The van der Waals surface area contributed by atoms with Gasteiger partial charge in [-0.2, -0.15) is 0 Å². The average Bonchev–Trinajstić information content (AvgIpc) is 2.81. The molecule has 3 heteroatoms. The highest BCUT2D eigenvalue weighted by Gasteiger charge is 2.29. The lowest BCUT2D eigenvalue weighted by atomic mass is 9.93. The van der Waals surface area contributed by atoms with Gasteiger partial charge in [0, 0.05) is 32.8 Å². The Bertz CT molecular complexity index is 421. The summed E-state index contributed by atoms with van der Waals surface area (Å²) in [5.41, 5.74) is 11.5. The molecule has 1 saturated heterocycles. The number of likely N-dealkylation sites (tertiary alicyclic amines) is 1. The number of benzene rings is 1. The fourth-order valence-corrected chi connectivity index (χ4v) is 3.40. The summed E-state index contributed by atoms with van der Waals surface area (Å²) >= 11 is 0. The third kappa shape index (κ3) is 2.99. The summed E-state index contributed by atoms with van der Waals surface area (Å²) in [7, 11) is 1.80. The number of nitrogens with two attached hydrogens (primary N) is 1. The molecule has 1 fully saturated rings. The molecule has 1 aliphatic heterocycles. The van der Waals surface area contributed by atoms with Crippen molar-refractivity contribution >= 4 is 0 Å². The Morgan fingerprint density at radius 1 is 1.32 bits per heavy atom. The van der Waals surface area contributed by atoms with Crippen LogP contribution in [0.3, 0.4) is 0 Å². The van der Waals surface area contributed by atoms with Gasteiger partial charge in [0.15, 0.2) is 0 Å². The summed E-state index contributed by atoms with van der Waals surface area (Å²) in [5.74, 6) is 0. The molecule has 2 unspecified atom stereocenters. The van der Waals surface area contributed by atoms with Gasteiger partial charge in [0.2, 0.25) is 0 Å². The normalized spacial score (nSPS) is 21.8. The molecular formula is C16H26N2O. The molecule has 1 aromatic rings. The van der Waals surface area contributed by atoms with E-state index in [2.05, 4.69) is 37.8 Å². The van der Waals surface area contributed by atoms with Crippen molar-refractivity contribution < 1.29 is 4.74 Å². The Balaban J connectivity index is 2.28. The third-order valence-corrected chi connectivity index (χ3v) is 4.25. The first-order valence-electron chi connectivity index (χ1n) is 7.11. The van der Waals surface area contributed by atoms with Crippen LogP contribution in [0.1, 0.15) is 34.7 Å². The van der Waals surface area contributed by atoms with Crippen LogP contribution in [0, 0.1) is 20.8 Å². The van der Waals surface area contributed by atoms with Gasteiger partial charge in [-0.25, -0.2) is 0 Å². The number of ether oxygens (including phenoxy) is 1. The molecule has 19 heavy (non-hydrogen) atoms. The molecule has 0 spiro atoms. The van der Waals surface area contributed by atoms with Crippen LogP contribution < -0.4 is 5.73 Å². The lowest BCUT2D eigenvalue weighted by molar-refractivity contribution is 0.101. The van der Waals surface area contributed by atoms with Crippen molar-refractivity contribution in [1.82, 2.24) is 4.90 Å². The zero-order chi connectivity index (χ0) is 14.0. The second kappa shape index (κ2) is 6.04. The van der Waals surface area contributed by atoms with Crippen LogP contribution in [-0.2, 0) is 4.74 Å². The number of aryl methyl sites for hydroxylation is 3. The maximum Gasteiger partial charge on any atom is 0.0710 e. The second-order valence-electron chi connectivity index (χ2n) is 5.71. The maximum absolute atomic E-state index is 6.06. The van der Waals surface area contributed by atoms with Crippen molar-refractivity contribution in [3.05, 3.63) is 34.4 Å². The molecular weight excluding hydrogens is 236 g/mol. The van der Waals surface area contributed by atoms with E-state index in [0.717, 1.165) is 19.5 Å². The molecule has 2 N–H and O–H groups in total. The zero-order valence-electron chi connectivity index (χ0n) is 12.6. The molecule has 0 aliphatic carbocycles. The van der Waals surface area contributed by atoms with Gasteiger partial charge >= 0.3 is 0 Å². The molecule has 0 bridgehead atoms. The molecule has 1 aromatic carbocycles. The Labute approximate surface area is 116 Å². The molecule has 2 atom stereocenters. The van der Waals surface area contributed by atoms with E-state index in [9.17, 15) is 0 Å². The zero-order valence-corrected chi connectivity index (χ0v) is 12.6. The van der Waals surface area contributed by atoms with Crippen LogP contribution in [-0.4, -0.2) is 37.7 Å². The van der Waals surface area contributed by atoms with Gasteiger partial charge < -0.3 is 10.5 Å². The Hall–Kier alpha value is -0.900.